The summed E-state index contributed by atoms with van der Waals surface area (Å²) >= 11 is 1.73. The third-order valence-corrected chi connectivity index (χ3v) is 3.93. The van der Waals surface area contributed by atoms with Gasteiger partial charge in [0.25, 0.3) is 0 Å². The number of nitrogens with zero attached hydrogens (tertiary/aromatic N) is 1. The van der Waals surface area contributed by atoms with Gasteiger partial charge < -0.3 is 15.1 Å². The maximum absolute atomic E-state index is 5.32. The Kier molecular flexibility index (Phi) is 9.22. The molecule has 1 atom stereocenters. The monoisotopic (exact) mass is 433 g/mol. The maximum Gasteiger partial charge on any atom is 0.191 e. The topological polar surface area (TPSA) is 49.6 Å². The molecule has 22 heavy (non-hydrogen) atoms. The van der Waals surface area contributed by atoms with Crippen molar-refractivity contribution in [3.05, 3.63) is 46.5 Å². The summed E-state index contributed by atoms with van der Waals surface area (Å²) in [6, 6.07) is 6.07. The summed E-state index contributed by atoms with van der Waals surface area (Å²) in [6.07, 6.45) is 2.56. The Morgan fingerprint density at radius 1 is 1.36 bits per heavy atom. The van der Waals surface area contributed by atoms with Crippen LogP contribution in [-0.2, 0) is 6.42 Å². The van der Waals surface area contributed by atoms with Crippen molar-refractivity contribution < 1.29 is 4.42 Å². The van der Waals surface area contributed by atoms with E-state index in [0.29, 0.717) is 5.92 Å². The zero-order valence-corrected chi connectivity index (χ0v) is 16.2. The van der Waals surface area contributed by atoms with Crippen LogP contribution in [0.5, 0.6) is 0 Å². The second kappa shape index (κ2) is 10.7. The molecule has 0 amide bonds. The van der Waals surface area contributed by atoms with Gasteiger partial charge in [-0.25, -0.2) is 0 Å². The third kappa shape index (κ3) is 6.39. The first-order valence-electron chi connectivity index (χ1n) is 7.36. The van der Waals surface area contributed by atoms with Crippen molar-refractivity contribution in [3.8, 4) is 0 Å². The molecule has 0 fully saturated rings. The smallest absolute Gasteiger partial charge is 0.191 e. The predicted octanol–water partition coefficient (Wildman–Crippen LogP) is 3.86. The van der Waals surface area contributed by atoms with Crippen molar-refractivity contribution in [3.63, 3.8) is 0 Å². The van der Waals surface area contributed by atoms with E-state index in [4.69, 9.17) is 4.42 Å². The molecule has 2 heterocycles. The van der Waals surface area contributed by atoms with E-state index in [0.717, 1.165) is 37.8 Å². The SMILES string of the molecule is CCNC(=NCC(C)c1ccsc1)NCCc1ccco1.I. The number of hydrogen-bond acceptors (Lipinski definition) is 3. The Morgan fingerprint density at radius 3 is 2.86 bits per heavy atom. The van der Waals surface area contributed by atoms with Crippen molar-refractivity contribution in [1.82, 2.24) is 10.6 Å². The summed E-state index contributed by atoms with van der Waals surface area (Å²) in [5.74, 6) is 2.30. The van der Waals surface area contributed by atoms with Crippen molar-refractivity contribution >= 4 is 41.3 Å². The number of aliphatic imine (C=N–C) groups is 1. The molecule has 2 N–H and O–H groups in total. The second-order valence-corrected chi connectivity index (χ2v) is 5.71. The molecule has 122 valence electrons. The van der Waals surface area contributed by atoms with Gasteiger partial charge in [0.15, 0.2) is 5.96 Å². The highest BCUT2D eigenvalue weighted by Crippen LogP contribution is 2.18. The van der Waals surface area contributed by atoms with Crippen molar-refractivity contribution in [1.29, 1.82) is 0 Å². The average molecular weight is 433 g/mol. The molecule has 2 rings (SSSR count). The highest BCUT2D eigenvalue weighted by atomic mass is 127. The molecule has 0 saturated carbocycles. The normalized spacial score (nSPS) is 12.5. The van der Waals surface area contributed by atoms with Crippen molar-refractivity contribution in [2.45, 2.75) is 26.2 Å². The van der Waals surface area contributed by atoms with Crippen LogP contribution in [0.25, 0.3) is 0 Å². The molecule has 0 saturated heterocycles. The van der Waals surface area contributed by atoms with Crippen LogP contribution in [0.15, 0.2) is 44.6 Å². The van der Waals surface area contributed by atoms with Crippen LogP contribution in [0.3, 0.4) is 0 Å². The molecule has 0 radical (unpaired) electrons. The summed E-state index contributed by atoms with van der Waals surface area (Å²) in [6.45, 7) is 6.74. The molecular formula is C16H24IN3OS. The third-order valence-electron chi connectivity index (χ3n) is 3.22. The van der Waals surface area contributed by atoms with Gasteiger partial charge in [-0.3, -0.25) is 4.99 Å². The lowest BCUT2D eigenvalue weighted by Crippen LogP contribution is -2.38. The molecule has 2 aromatic rings. The first-order chi connectivity index (χ1) is 10.3. The highest BCUT2D eigenvalue weighted by Gasteiger charge is 2.06. The van der Waals surface area contributed by atoms with Gasteiger partial charge in [-0.1, -0.05) is 6.92 Å². The maximum atomic E-state index is 5.32. The summed E-state index contributed by atoms with van der Waals surface area (Å²) in [5.41, 5.74) is 1.36. The number of guanidine groups is 1. The predicted molar refractivity (Wildman–Crippen MR) is 105 cm³/mol. The summed E-state index contributed by atoms with van der Waals surface area (Å²) in [4.78, 5) is 4.66. The number of nitrogens with one attached hydrogen (secondary N) is 2. The lowest BCUT2D eigenvalue weighted by Gasteiger charge is -2.12. The van der Waals surface area contributed by atoms with E-state index >= 15 is 0 Å². The number of thiophene rings is 1. The van der Waals surface area contributed by atoms with E-state index in [-0.39, 0.29) is 24.0 Å². The lowest BCUT2D eigenvalue weighted by molar-refractivity contribution is 0.506. The Hall–Kier alpha value is -1.02. The molecule has 4 nitrogen and oxygen atoms in total. The molecule has 6 heteroatoms. The summed E-state index contributed by atoms with van der Waals surface area (Å²) in [5, 5.41) is 10.9. The minimum atomic E-state index is 0. The minimum absolute atomic E-state index is 0. The highest BCUT2D eigenvalue weighted by molar-refractivity contribution is 14.0. The number of rotatable bonds is 7. The van der Waals surface area contributed by atoms with E-state index in [1.54, 1.807) is 17.6 Å². The van der Waals surface area contributed by atoms with E-state index in [9.17, 15) is 0 Å². The van der Waals surface area contributed by atoms with Crippen LogP contribution in [0, 0.1) is 0 Å². The quantitative estimate of drug-likeness (QED) is 0.396. The molecule has 2 aromatic heterocycles. The van der Waals surface area contributed by atoms with Gasteiger partial charge in [0, 0.05) is 32.0 Å². The fourth-order valence-electron chi connectivity index (χ4n) is 1.99. The molecule has 0 bridgehead atoms. The van der Waals surface area contributed by atoms with Crippen LogP contribution in [0.2, 0.25) is 0 Å². The van der Waals surface area contributed by atoms with E-state index in [1.165, 1.54) is 5.56 Å². The largest absolute Gasteiger partial charge is 0.469 e. The van der Waals surface area contributed by atoms with Gasteiger partial charge >= 0.3 is 0 Å². The zero-order valence-electron chi connectivity index (χ0n) is 13.0. The number of furan rings is 1. The zero-order chi connectivity index (χ0) is 14.9. The number of halogens is 1. The van der Waals surface area contributed by atoms with E-state index in [2.05, 4.69) is 46.3 Å². The Morgan fingerprint density at radius 2 is 2.23 bits per heavy atom. The van der Waals surface area contributed by atoms with Gasteiger partial charge in [0.2, 0.25) is 0 Å². The van der Waals surface area contributed by atoms with Crippen LogP contribution in [-0.4, -0.2) is 25.6 Å². The molecule has 0 aliphatic carbocycles. The van der Waals surface area contributed by atoms with Crippen molar-refractivity contribution in [2.24, 2.45) is 4.99 Å². The Labute approximate surface area is 153 Å². The van der Waals surface area contributed by atoms with Crippen LogP contribution in [0.1, 0.15) is 31.1 Å². The van der Waals surface area contributed by atoms with Crippen LogP contribution in [0.4, 0.5) is 0 Å². The van der Waals surface area contributed by atoms with Gasteiger partial charge in [0.05, 0.1) is 6.26 Å². The second-order valence-electron chi connectivity index (χ2n) is 4.93. The van der Waals surface area contributed by atoms with Crippen molar-refractivity contribution in [2.75, 3.05) is 19.6 Å². The molecule has 1 unspecified atom stereocenters. The van der Waals surface area contributed by atoms with Gasteiger partial charge in [0.1, 0.15) is 5.76 Å². The van der Waals surface area contributed by atoms with E-state index in [1.807, 2.05) is 12.1 Å². The lowest BCUT2D eigenvalue weighted by atomic mass is 10.1. The Bertz CT molecular complexity index is 526. The van der Waals surface area contributed by atoms with Crippen LogP contribution >= 0.6 is 35.3 Å². The summed E-state index contributed by atoms with van der Waals surface area (Å²) < 4.78 is 5.32. The van der Waals surface area contributed by atoms with E-state index < -0.39 is 0 Å². The van der Waals surface area contributed by atoms with Crippen LogP contribution < -0.4 is 10.6 Å². The average Bonchev–Trinajstić information content (AvgIpc) is 3.17. The van der Waals surface area contributed by atoms with Gasteiger partial charge in [-0.15, -0.1) is 24.0 Å². The first-order valence-corrected chi connectivity index (χ1v) is 8.30. The number of hydrogen-bond donors (Lipinski definition) is 2. The fraction of sp³-hybridized carbons (Fsp3) is 0.438. The molecule has 0 aliphatic rings. The fourth-order valence-corrected chi connectivity index (χ4v) is 2.77. The molecular weight excluding hydrogens is 409 g/mol. The minimum Gasteiger partial charge on any atom is -0.469 e. The molecule has 0 aliphatic heterocycles. The summed E-state index contributed by atoms with van der Waals surface area (Å²) in [7, 11) is 0. The van der Waals surface area contributed by atoms with Gasteiger partial charge in [-0.05, 0) is 41.4 Å². The first kappa shape index (κ1) is 19.0. The standard InChI is InChI=1S/C16H23N3OS.HI/c1-3-17-16(18-8-6-15-5-4-9-20-15)19-11-13(2)14-7-10-21-12-14;/h4-5,7,9-10,12-13H,3,6,8,11H2,1-2H3,(H2,17,18,19);1H. The molecule has 0 aromatic carbocycles. The molecule has 0 spiro atoms. The van der Waals surface area contributed by atoms with Gasteiger partial charge in [-0.2, -0.15) is 11.3 Å². The Balaban J connectivity index is 0.00000242.